The smallest absolute Gasteiger partial charge is 0.258 e. The van der Waals surface area contributed by atoms with E-state index in [-0.39, 0.29) is 24.9 Å². The molecule has 0 aromatic carbocycles. The molecule has 1 saturated heterocycles. The molecular weight excluding hydrogens is 287 g/mol. The molecule has 1 aromatic heterocycles. The Kier molecular flexibility index (Phi) is 4.83. The van der Waals surface area contributed by atoms with Gasteiger partial charge in [-0.1, -0.05) is 13.8 Å². The first-order chi connectivity index (χ1) is 10.4. The zero-order valence-corrected chi connectivity index (χ0v) is 13.3. The van der Waals surface area contributed by atoms with Crippen molar-refractivity contribution in [2.75, 3.05) is 6.54 Å². The summed E-state index contributed by atoms with van der Waals surface area (Å²) in [7, 11) is 0. The van der Waals surface area contributed by atoms with Crippen LogP contribution in [-0.2, 0) is 4.79 Å². The molecule has 2 atom stereocenters. The van der Waals surface area contributed by atoms with Gasteiger partial charge < -0.3 is 10.6 Å². The Labute approximate surface area is 129 Å². The van der Waals surface area contributed by atoms with Gasteiger partial charge in [0.15, 0.2) is 0 Å². The van der Waals surface area contributed by atoms with Gasteiger partial charge in [0.25, 0.3) is 5.91 Å². The third-order valence-electron chi connectivity index (χ3n) is 4.40. The van der Waals surface area contributed by atoms with Crippen LogP contribution in [0.1, 0.15) is 55.2 Å². The van der Waals surface area contributed by atoms with Crippen LogP contribution in [0, 0.1) is 6.92 Å². The Morgan fingerprint density at radius 2 is 2.09 bits per heavy atom. The highest BCUT2D eigenvalue weighted by Gasteiger charge is 2.40. The van der Waals surface area contributed by atoms with E-state index in [1.807, 2.05) is 11.6 Å². The molecule has 6 nitrogen and oxygen atoms in total. The van der Waals surface area contributed by atoms with E-state index in [0.717, 1.165) is 18.5 Å². The van der Waals surface area contributed by atoms with Crippen LogP contribution in [0.5, 0.6) is 0 Å². The predicted molar refractivity (Wildman–Crippen MR) is 80.1 cm³/mol. The summed E-state index contributed by atoms with van der Waals surface area (Å²) < 4.78 is 15.4. The molecule has 7 heteroatoms. The molecule has 1 aromatic rings. The van der Waals surface area contributed by atoms with Crippen molar-refractivity contribution in [3.63, 3.8) is 0 Å². The number of alkyl halides is 1. The second kappa shape index (κ2) is 6.46. The lowest BCUT2D eigenvalue weighted by molar-refractivity contribution is -0.121. The van der Waals surface area contributed by atoms with Crippen LogP contribution in [0.25, 0.3) is 0 Å². The lowest BCUT2D eigenvalue weighted by Gasteiger charge is -2.22. The Morgan fingerprint density at radius 3 is 2.64 bits per heavy atom. The average molecular weight is 310 g/mol. The highest BCUT2D eigenvalue weighted by Crippen LogP contribution is 2.25. The van der Waals surface area contributed by atoms with Gasteiger partial charge in [0, 0.05) is 12.1 Å². The molecule has 2 N–H and O–H groups in total. The fourth-order valence-electron chi connectivity index (χ4n) is 3.07. The first kappa shape index (κ1) is 16.5. The van der Waals surface area contributed by atoms with Crippen molar-refractivity contribution < 1.29 is 14.0 Å². The largest absolute Gasteiger partial charge is 0.368 e. The lowest BCUT2D eigenvalue weighted by atomic mass is 10.1. The maximum atomic E-state index is 13.6. The van der Waals surface area contributed by atoms with Gasteiger partial charge in [-0.05, 0) is 19.8 Å². The number of hydrogen-bond acceptors (Lipinski definition) is 3. The second-order valence-electron chi connectivity index (χ2n) is 5.77. The number of halogens is 1. The molecule has 1 fully saturated rings. The van der Waals surface area contributed by atoms with Crippen molar-refractivity contribution in [2.24, 2.45) is 5.73 Å². The van der Waals surface area contributed by atoms with Crippen LogP contribution in [-0.4, -0.2) is 45.3 Å². The van der Waals surface area contributed by atoms with Gasteiger partial charge in [-0.25, -0.2) is 4.39 Å². The fraction of sp³-hybridized carbons (Fsp3) is 0.667. The maximum absolute atomic E-state index is 13.6. The minimum atomic E-state index is -1.21. The summed E-state index contributed by atoms with van der Waals surface area (Å²) in [5.41, 5.74) is 6.43. The van der Waals surface area contributed by atoms with Gasteiger partial charge in [-0.2, -0.15) is 5.10 Å². The highest BCUT2D eigenvalue weighted by atomic mass is 19.1. The number of aromatic nitrogens is 2. The number of primary amides is 1. The molecule has 0 radical (unpaired) electrons. The second-order valence-corrected chi connectivity index (χ2v) is 5.77. The van der Waals surface area contributed by atoms with E-state index in [1.165, 1.54) is 11.1 Å². The van der Waals surface area contributed by atoms with Gasteiger partial charge in [-0.15, -0.1) is 0 Å². The molecule has 22 heavy (non-hydrogen) atoms. The van der Waals surface area contributed by atoms with Crippen LogP contribution < -0.4 is 5.73 Å². The molecule has 122 valence electrons. The normalized spacial score (nSPS) is 21.6. The Morgan fingerprint density at radius 1 is 1.45 bits per heavy atom. The van der Waals surface area contributed by atoms with Crippen molar-refractivity contribution in [3.05, 3.63) is 17.5 Å². The third-order valence-corrected chi connectivity index (χ3v) is 4.40. The molecule has 1 aliphatic heterocycles. The van der Waals surface area contributed by atoms with E-state index in [1.54, 1.807) is 0 Å². The van der Waals surface area contributed by atoms with E-state index in [4.69, 9.17) is 5.73 Å². The van der Waals surface area contributed by atoms with Gasteiger partial charge in [0.2, 0.25) is 5.91 Å². The van der Waals surface area contributed by atoms with Crippen LogP contribution in [0.3, 0.4) is 0 Å². The van der Waals surface area contributed by atoms with E-state index in [2.05, 4.69) is 18.9 Å². The third kappa shape index (κ3) is 2.84. The van der Waals surface area contributed by atoms with Crippen molar-refractivity contribution in [1.82, 2.24) is 14.7 Å². The van der Waals surface area contributed by atoms with Crippen LogP contribution in [0.2, 0.25) is 0 Å². The molecule has 0 spiro atoms. The monoisotopic (exact) mass is 310 g/mol. The molecule has 0 saturated carbocycles. The molecule has 0 aliphatic carbocycles. The lowest BCUT2D eigenvalue weighted by Crippen LogP contribution is -2.43. The summed E-state index contributed by atoms with van der Waals surface area (Å²) in [5.74, 6) is -1.04. The summed E-state index contributed by atoms with van der Waals surface area (Å²) >= 11 is 0. The summed E-state index contributed by atoms with van der Waals surface area (Å²) in [6, 6.07) is -0.653. The minimum Gasteiger partial charge on any atom is -0.368 e. The Hall–Kier alpha value is -1.92. The number of likely N-dealkylation sites (tertiary alicyclic amines) is 1. The van der Waals surface area contributed by atoms with Crippen molar-refractivity contribution in [1.29, 1.82) is 0 Å². The fourth-order valence-corrected chi connectivity index (χ4v) is 3.07. The number of nitrogens with zero attached hydrogens (tertiary/aromatic N) is 3. The summed E-state index contributed by atoms with van der Waals surface area (Å²) in [6.07, 6.45) is 2.08. The number of amides is 2. The molecule has 2 amide bonds. The van der Waals surface area contributed by atoms with Crippen molar-refractivity contribution in [2.45, 2.75) is 58.3 Å². The van der Waals surface area contributed by atoms with E-state index >= 15 is 0 Å². The number of rotatable bonds is 5. The SMILES string of the molecule is CCC(CC)n1ncc(C(=O)N2C[C@H](F)C[C@H]2C(N)=O)c1C. The first-order valence-corrected chi connectivity index (χ1v) is 7.69. The average Bonchev–Trinajstić information content (AvgIpc) is 3.04. The van der Waals surface area contributed by atoms with Gasteiger partial charge in [0.05, 0.1) is 24.3 Å². The standard InChI is InChI=1S/C15H23FN4O2/c1-4-11(5-2)20-9(3)12(7-18-20)15(22)19-8-10(16)6-13(19)14(17)21/h7,10-11,13H,4-6,8H2,1-3H3,(H2,17,21)/t10-,13+/m1/s1. The summed E-state index contributed by atoms with van der Waals surface area (Å²) in [6.45, 7) is 5.85. The maximum Gasteiger partial charge on any atom is 0.258 e. The number of nitrogens with two attached hydrogens (primary N) is 1. The van der Waals surface area contributed by atoms with E-state index in [9.17, 15) is 14.0 Å². The zero-order chi connectivity index (χ0) is 16.4. The molecule has 1 aliphatic rings. The van der Waals surface area contributed by atoms with Crippen molar-refractivity contribution >= 4 is 11.8 Å². The highest BCUT2D eigenvalue weighted by molar-refractivity contribution is 5.98. The topological polar surface area (TPSA) is 81.2 Å². The first-order valence-electron chi connectivity index (χ1n) is 7.69. The summed E-state index contributed by atoms with van der Waals surface area (Å²) in [5, 5.41) is 4.30. The molecule has 2 heterocycles. The van der Waals surface area contributed by atoms with E-state index in [0.29, 0.717) is 5.56 Å². The number of hydrogen-bond donors (Lipinski definition) is 1. The van der Waals surface area contributed by atoms with Gasteiger partial charge >= 0.3 is 0 Å². The number of carbonyl (C=O) groups excluding carboxylic acids is 2. The molecule has 0 unspecified atom stereocenters. The predicted octanol–water partition coefficient (Wildman–Crippen LogP) is 1.59. The van der Waals surface area contributed by atoms with Crippen LogP contribution >= 0.6 is 0 Å². The summed E-state index contributed by atoms with van der Waals surface area (Å²) in [4.78, 5) is 25.3. The molecular formula is C15H23FN4O2. The van der Waals surface area contributed by atoms with Crippen LogP contribution in [0.15, 0.2) is 6.20 Å². The molecule has 2 rings (SSSR count). The quantitative estimate of drug-likeness (QED) is 0.896. The Balaban J connectivity index is 2.28. The minimum absolute atomic E-state index is 0.0270. The molecule has 0 bridgehead atoms. The van der Waals surface area contributed by atoms with Crippen molar-refractivity contribution in [3.8, 4) is 0 Å². The zero-order valence-electron chi connectivity index (χ0n) is 13.3. The van der Waals surface area contributed by atoms with Gasteiger partial charge in [0.1, 0.15) is 12.2 Å². The van der Waals surface area contributed by atoms with Gasteiger partial charge in [-0.3, -0.25) is 14.3 Å². The Bertz CT molecular complexity index is 568. The van der Waals surface area contributed by atoms with Crippen LogP contribution in [0.4, 0.5) is 4.39 Å². The van der Waals surface area contributed by atoms with E-state index < -0.39 is 18.1 Å². The number of carbonyl (C=O) groups is 2.